The van der Waals surface area contributed by atoms with E-state index in [1.165, 1.54) is 36.0 Å². The lowest BCUT2D eigenvalue weighted by molar-refractivity contribution is 0.101. The molecule has 170 valence electrons. The summed E-state index contributed by atoms with van der Waals surface area (Å²) < 4.78 is 43.4. The number of sulfone groups is 1. The van der Waals surface area contributed by atoms with Crippen molar-refractivity contribution in [3.63, 3.8) is 0 Å². The zero-order chi connectivity index (χ0) is 23.4. The fraction of sp³-hybridized carbons (Fsp3) is 0.143. The summed E-state index contributed by atoms with van der Waals surface area (Å²) in [7, 11) is -3.30. The maximum Gasteiger partial charge on any atom is 0.279 e. The van der Waals surface area contributed by atoms with E-state index in [0.29, 0.717) is 27.0 Å². The molecule has 12 heteroatoms. The topological polar surface area (TPSA) is 115 Å². The normalized spacial score (nSPS) is 11.5. The van der Waals surface area contributed by atoms with Gasteiger partial charge in [0.2, 0.25) is 5.13 Å². The quantitative estimate of drug-likeness (QED) is 0.272. The molecule has 0 unspecified atom stereocenters. The first kappa shape index (κ1) is 23.1. The van der Waals surface area contributed by atoms with Crippen LogP contribution in [0.3, 0.4) is 0 Å². The number of hydrogen-bond acceptors (Lipinski definition) is 9. The maximum atomic E-state index is 13.7. The van der Waals surface area contributed by atoms with E-state index in [0.717, 1.165) is 11.3 Å². The van der Waals surface area contributed by atoms with Gasteiger partial charge in [0.15, 0.2) is 25.6 Å². The highest BCUT2D eigenvalue weighted by Crippen LogP contribution is 2.29. The van der Waals surface area contributed by atoms with Crippen LogP contribution in [0, 0.1) is 5.82 Å². The fourth-order valence-electron chi connectivity index (χ4n) is 2.75. The van der Waals surface area contributed by atoms with Gasteiger partial charge in [-0.25, -0.2) is 12.8 Å². The van der Waals surface area contributed by atoms with Crippen LogP contribution in [-0.2, 0) is 15.6 Å². The van der Waals surface area contributed by atoms with Gasteiger partial charge in [-0.1, -0.05) is 53.4 Å². The summed E-state index contributed by atoms with van der Waals surface area (Å²) in [5.41, 5.74) is 1.17. The van der Waals surface area contributed by atoms with Gasteiger partial charge < -0.3 is 4.52 Å². The number of carbonyl (C=O) groups is 1. The van der Waals surface area contributed by atoms with Crippen molar-refractivity contribution >= 4 is 44.0 Å². The highest BCUT2D eigenvalue weighted by molar-refractivity contribution is 8.00. The van der Waals surface area contributed by atoms with Crippen LogP contribution < -0.4 is 5.32 Å². The van der Waals surface area contributed by atoms with Gasteiger partial charge in [0.25, 0.3) is 5.91 Å². The van der Waals surface area contributed by atoms with E-state index in [2.05, 4.69) is 20.7 Å². The van der Waals surface area contributed by atoms with E-state index >= 15 is 0 Å². The molecule has 2 aromatic heterocycles. The number of halogens is 1. The summed E-state index contributed by atoms with van der Waals surface area (Å²) in [6.45, 7) is 1.58. The Labute approximate surface area is 197 Å². The molecule has 2 heterocycles. The number of aromatic nitrogens is 3. The third-order valence-electron chi connectivity index (χ3n) is 4.56. The second kappa shape index (κ2) is 9.81. The fourth-order valence-corrected chi connectivity index (χ4v) is 5.36. The van der Waals surface area contributed by atoms with E-state index in [-0.39, 0.29) is 27.3 Å². The summed E-state index contributed by atoms with van der Waals surface area (Å²) in [6.07, 6.45) is 0. The monoisotopic (exact) mass is 504 g/mol. The first-order valence-electron chi connectivity index (χ1n) is 9.66. The number of nitrogens with zero attached hydrogens (tertiary/aromatic N) is 3. The van der Waals surface area contributed by atoms with Crippen molar-refractivity contribution in [2.24, 2.45) is 0 Å². The first-order valence-corrected chi connectivity index (χ1v) is 13.1. The van der Waals surface area contributed by atoms with E-state index in [1.807, 2.05) is 0 Å². The van der Waals surface area contributed by atoms with Crippen molar-refractivity contribution in [2.45, 2.75) is 21.9 Å². The highest BCUT2D eigenvalue weighted by Gasteiger charge is 2.17. The Morgan fingerprint density at radius 2 is 1.91 bits per heavy atom. The van der Waals surface area contributed by atoms with Crippen LogP contribution >= 0.6 is 23.1 Å². The Bertz CT molecular complexity index is 1380. The molecule has 0 saturated carbocycles. The number of hydrogen-bond donors (Lipinski definition) is 1. The Hall–Kier alpha value is -3.09. The molecule has 33 heavy (non-hydrogen) atoms. The SMILES string of the molecule is CCS(=O)(=O)c1ccc(-c2cc(C(=O)Nc3nnc(SCc4ccccc4F)s3)no2)cc1. The van der Waals surface area contributed by atoms with Gasteiger partial charge in [0.05, 0.1) is 10.6 Å². The average molecular weight is 505 g/mol. The second-order valence-electron chi connectivity index (χ2n) is 6.71. The molecule has 0 bridgehead atoms. The van der Waals surface area contributed by atoms with Crippen LogP contribution in [0.15, 0.2) is 68.4 Å². The number of thioether (sulfide) groups is 1. The molecule has 0 aliphatic rings. The van der Waals surface area contributed by atoms with Crippen molar-refractivity contribution < 1.29 is 22.1 Å². The predicted octanol–water partition coefficient (Wildman–Crippen LogP) is 4.67. The molecule has 4 rings (SSSR count). The first-order chi connectivity index (χ1) is 15.9. The van der Waals surface area contributed by atoms with Gasteiger partial charge in [-0.05, 0) is 35.9 Å². The minimum absolute atomic E-state index is 0.00789. The molecule has 0 aliphatic heterocycles. The lowest BCUT2D eigenvalue weighted by Crippen LogP contribution is -2.11. The molecule has 1 N–H and O–H groups in total. The molecule has 2 aromatic carbocycles. The lowest BCUT2D eigenvalue weighted by Gasteiger charge is -2.01. The van der Waals surface area contributed by atoms with Gasteiger partial charge in [-0.3, -0.25) is 10.1 Å². The largest absolute Gasteiger partial charge is 0.355 e. The Morgan fingerprint density at radius 1 is 1.15 bits per heavy atom. The van der Waals surface area contributed by atoms with E-state index in [9.17, 15) is 17.6 Å². The van der Waals surface area contributed by atoms with Crippen molar-refractivity contribution in [3.8, 4) is 11.3 Å². The zero-order valence-electron chi connectivity index (χ0n) is 17.2. The minimum Gasteiger partial charge on any atom is -0.355 e. The third-order valence-corrected chi connectivity index (χ3v) is 8.33. The lowest BCUT2D eigenvalue weighted by atomic mass is 10.1. The van der Waals surface area contributed by atoms with Gasteiger partial charge in [-0.2, -0.15) is 0 Å². The van der Waals surface area contributed by atoms with E-state index in [4.69, 9.17) is 4.52 Å². The standard InChI is InChI=1S/C21H17FN4O4S3/c1-2-33(28,29)15-9-7-13(8-10-15)18-11-17(26-30-18)19(27)23-20-24-25-21(32-20)31-12-14-5-3-4-6-16(14)22/h3-11H,2,12H2,1H3,(H,23,24,27). The Morgan fingerprint density at radius 3 is 2.64 bits per heavy atom. The Kier molecular flexibility index (Phi) is 6.86. The molecule has 0 fully saturated rings. The number of amides is 1. The molecular formula is C21H17FN4O4S3. The molecule has 0 saturated heterocycles. The number of nitrogens with one attached hydrogen (secondary N) is 1. The van der Waals surface area contributed by atoms with Gasteiger partial charge in [0, 0.05) is 17.4 Å². The van der Waals surface area contributed by atoms with Crippen LogP contribution in [0.25, 0.3) is 11.3 Å². The van der Waals surface area contributed by atoms with Crippen LogP contribution in [0.1, 0.15) is 23.0 Å². The molecule has 8 nitrogen and oxygen atoms in total. The zero-order valence-corrected chi connectivity index (χ0v) is 19.6. The van der Waals surface area contributed by atoms with Crippen LogP contribution in [-0.4, -0.2) is 35.4 Å². The summed E-state index contributed by atoms with van der Waals surface area (Å²) in [4.78, 5) is 12.7. The van der Waals surface area contributed by atoms with Gasteiger partial charge in [0.1, 0.15) is 5.82 Å². The van der Waals surface area contributed by atoms with Crippen LogP contribution in [0.4, 0.5) is 9.52 Å². The van der Waals surface area contributed by atoms with Crippen molar-refractivity contribution in [1.82, 2.24) is 15.4 Å². The number of carbonyl (C=O) groups excluding carboxylic acids is 1. The molecule has 0 aliphatic carbocycles. The van der Waals surface area contributed by atoms with Gasteiger partial charge >= 0.3 is 0 Å². The number of anilines is 1. The maximum absolute atomic E-state index is 13.7. The Balaban J connectivity index is 1.39. The summed E-state index contributed by atoms with van der Waals surface area (Å²) >= 11 is 2.48. The second-order valence-corrected chi connectivity index (χ2v) is 11.2. The van der Waals surface area contributed by atoms with Crippen molar-refractivity contribution in [2.75, 3.05) is 11.1 Å². The van der Waals surface area contributed by atoms with Crippen LogP contribution in [0.5, 0.6) is 0 Å². The smallest absolute Gasteiger partial charge is 0.279 e. The molecular weight excluding hydrogens is 487 g/mol. The van der Waals surface area contributed by atoms with Crippen LogP contribution in [0.2, 0.25) is 0 Å². The summed E-state index contributed by atoms with van der Waals surface area (Å²) in [5.74, 6) is -0.101. The minimum atomic E-state index is -3.30. The predicted molar refractivity (Wildman–Crippen MR) is 123 cm³/mol. The highest BCUT2D eigenvalue weighted by atomic mass is 32.2. The molecule has 4 aromatic rings. The number of rotatable bonds is 8. The average Bonchev–Trinajstić information content (AvgIpc) is 3.49. The van der Waals surface area contributed by atoms with Crippen molar-refractivity contribution in [1.29, 1.82) is 0 Å². The molecule has 1 amide bonds. The summed E-state index contributed by atoms with van der Waals surface area (Å²) in [6, 6.07) is 14.1. The molecule has 0 spiro atoms. The molecule has 0 radical (unpaired) electrons. The van der Waals surface area contributed by atoms with E-state index in [1.54, 1.807) is 37.3 Å². The number of benzene rings is 2. The molecule has 0 atom stereocenters. The van der Waals surface area contributed by atoms with E-state index < -0.39 is 15.7 Å². The third kappa shape index (κ3) is 5.46. The van der Waals surface area contributed by atoms with Crippen molar-refractivity contribution in [3.05, 3.63) is 71.7 Å². The summed E-state index contributed by atoms with van der Waals surface area (Å²) in [5, 5.41) is 14.6. The van der Waals surface area contributed by atoms with Gasteiger partial charge in [-0.15, -0.1) is 10.2 Å².